The highest BCUT2D eigenvalue weighted by Gasteiger charge is 2.11. The minimum absolute atomic E-state index is 0.208. The molecule has 3 nitrogen and oxygen atoms in total. The van der Waals surface area contributed by atoms with Crippen LogP contribution in [0, 0.1) is 13.8 Å². The molecule has 0 saturated heterocycles. The number of nitrogens with two attached hydrogens (primary N) is 1. The molecule has 1 aromatic carbocycles. The lowest BCUT2D eigenvalue weighted by molar-refractivity contribution is 0.828. The van der Waals surface area contributed by atoms with Gasteiger partial charge in [-0.15, -0.1) is 0 Å². The summed E-state index contributed by atoms with van der Waals surface area (Å²) >= 11 is 0. The third-order valence-electron chi connectivity index (χ3n) is 3.47. The fourth-order valence-corrected chi connectivity index (χ4v) is 2.34. The van der Waals surface area contributed by atoms with Gasteiger partial charge in [0.15, 0.2) is 0 Å². The molecule has 0 radical (unpaired) electrons. The first-order chi connectivity index (χ1) is 9.63. The van der Waals surface area contributed by atoms with E-state index in [-0.39, 0.29) is 6.04 Å². The van der Waals surface area contributed by atoms with Gasteiger partial charge >= 0.3 is 0 Å². The lowest BCUT2D eigenvalue weighted by Crippen LogP contribution is -2.13. The molecule has 2 aromatic heterocycles. The molecule has 0 spiro atoms. The molecule has 0 aliphatic rings. The summed E-state index contributed by atoms with van der Waals surface area (Å²) in [5.41, 5.74) is 11.5. The third-order valence-corrected chi connectivity index (χ3v) is 3.47. The van der Waals surface area contributed by atoms with Crippen molar-refractivity contribution in [1.82, 2.24) is 9.97 Å². The van der Waals surface area contributed by atoms with E-state index in [1.54, 1.807) is 6.20 Å². The Morgan fingerprint density at radius 1 is 1.00 bits per heavy atom. The van der Waals surface area contributed by atoms with E-state index < -0.39 is 0 Å². The maximum atomic E-state index is 6.32. The number of hydrogen-bond acceptors (Lipinski definition) is 3. The quantitative estimate of drug-likeness (QED) is 0.771. The van der Waals surface area contributed by atoms with Gasteiger partial charge < -0.3 is 5.73 Å². The standard InChI is InChI=1S/C17H17N3/c1-11-7-8-19-16(9-11)17(18)14-5-6-15-13(10-14)4-3-12(2)20-15/h3-10,17H,18H2,1-2H3. The Hall–Kier alpha value is -2.26. The van der Waals surface area contributed by atoms with Crippen molar-refractivity contribution >= 4 is 10.9 Å². The number of aryl methyl sites for hydroxylation is 2. The Morgan fingerprint density at radius 2 is 1.85 bits per heavy atom. The molecule has 3 rings (SSSR count). The van der Waals surface area contributed by atoms with Crippen LogP contribution in [-0.4, -0.2) is 9.97 Å². The van der Waals surface area contributed by atoms with E-state index in [0.717, 1.165) is 27.9 Å². The summed E-state index contributed by atoms with van der Waals surface area (Å²) in [4.78, 5) is 8.88. The minimum Gasteiger partial charge on any atom is -0.319 e. The van der Waals surface area contributed by atoms with Gasteiger partial charge in [0, 0.05) is 17.3 Å². The predicted molar refractivity (Wildman–Crippen MR) is 81.5 cm³/mol. The van der Waals surface area contributed by atoms with Crippen molar-refractivity contribution in [2.75, 3.05) is 0 Å². The van der Waals surface area contributed by atoms with Crippen molar-refractivity contribution in [1.29, 1.82) is 0 Å². The zero-order valence-corrected chi connectivity index (χ0v) is 11.7. The van der Waals surface area contributed by atoms with E-state index in [0.29, 0.717) is 0 Å². The lowest BCUT2D eigenvalue weighted by Gasteiger charge is -2.13. The molecule has 0 fully saturated rings. The fourth-order valence-electron chi connectivity index (χ4n) is 2.34. The number of aromatic nitrogens is 2. The predicted octanol–water partition coefficient (Wildman–Crippen LogP) is 3.29. The van der Waals surface area contributed by atoms with Gasteiger partial charge in [-0.3, -0.25) is 9.97 Å². The zero-order valence-electron chi connectivity index (χ0n) is 11.7. The molecule has 0 bridgehead atoms. The molecule has 100 valence electrons. The van der Waals surface area contributed by atoms with Gasteiger partial charge in [0.1, 0.15) is 0 Å². The molecule has 20 heavy (non-hydrogen) atoms. The Morgan fingerprint density at radius 3 is 2.65 bits per heavy atom. The summed E-state index contributed by atoms with van der Waals surface area (Å²) in [6, 6.07) is 14.0. The first-order valence-corrected chi connectivity index (χ1v) is 6.69. The van der Waals surface area contributed by atoms with Gasteiger partial charge in [-0.25, -0.2) is 0 Å². The van der Waals surface area contributed by atoms with Crippen LogP contribution in [0.5, 0.6) is 0 Å². The normalized spacial score (nSPS) is 12.6. The van der Waals surface area contributed by atoms with Crippen LogP contribution < -0.4 is 5.73 Å². The van der Waals surface area contributed by atoms with Gasteiger partial charge in [0.25, 0.3) is 0 Å². The van der Waals surface area contributed by atoms with Crippen LogP contribution >= 0.6 is 0 Å². The van der Waals surface area contributed by atoms with E-state index >= 15 is 0 Å². The Labute approximate surface area is 118 Å². The molecule has 1 unspecified atom stereocenters. The van der Waals surface area contributed by atoms with Crippen molar-refractivity contribution in [2.45, 2.75) is 19.9 Å². The minimum atomic E-state index is -0.208. The Bertz CT molecular complexity index is 765. The highest BCUT2D eigenvalue weighted by atomic mass is 14.8. The van der Waals surface area contributed by atoms with Gasteiger partial charge in [0.05, 0.1) is 17.3 Å². The average molecular weight is 263 g/mol. The van der Waals surface area contributed by atoms with Gasteiger partial charge in [-0.2, -0.15) is 0 Å². The highest BCUT2D eigenvalue weighted by molar-refractivity contribution is 5.79. The highest BCUT2D eigenvalue weighted by Crippen LogP contribution is 2.22. The van der Waals surface area contributed by atoms with Crippen molar-refractivity contribution in [3.05, 3.63) is 71.2 Å². The number of benzene rings is 1. The molecule has 1 atom stereocenters. The fraction of sp³-hybridized carbons (Fsp3) is 0.176. The molecular formula is C17H17N3. The van der Waals surface area contributed by atoms with Crippen LogP contribution in [0.15, 0.2) is 48.7 Å². The largest absolute Gasteiger partial charge is 0.319 e. The smallest absolute Gasteiger partial charge is 0.0726 e. The van der Waals surface area contributed by atoms with E-state index in [2.05, 4.69) is 22.1 Å². The summed E-state index contributed by atoms with van der Waals surface area (Å²) in [7, 11) is 0. The molecule has 0 aliphatic heterocycles. The monoisotopic (exact) mass is 263 g/mol. The van der Waals surface area contributed by atoms with Crippen molar-refractivity contribution in [3.63, 3.8) is 0 Å². The van der Waals surface area contributed by atoms with Gasteiger partial charge in [0.2, 0.25) is 0 Å². The topological polar surface area (TPSA) is 51.8 Å². The number of fused-ring (bicyclic) bond motifs is 1. The van der Waals surface area contributed by atoms with Crippen LogP contribution in [0.2, 0.25) is 0 Å². The van der Waals surface area contributed by atoms with Crippen LogP contribution in [-0.2, 0) is 0 Å². The summed E-state index contributed by atoms with van der Waals surface area (Å²) in [6.45, 7) is 4.04. The number of hydrogen-bond donors (Lipinski definition) is 1. The molecule has 3 heteroatoms. The molecule has 2 N–H and O–H groups in total. The van der Waals surface area contributed by atoms with Crippen molar-refractivity contribution in [2.24, 2.45) is 5.73 Å². The SMILES string of the molecule is Cc1ccnc(C(N)c2ccc3nc(C)ccc3c2)c1. The zero-order chi connectivity index (χ0) is 14.1. The first-order valence-electron chi connectivity index (χ1n) is 6.69. The number of nitrogens with zero attached hydrogens (tertiary/aromatic N) is 2. The van der Waals surface area contributed by atoms with Crippen LogP contribution in [0.4, 0.5) is 0 Å². The Kier molecular flexibility index (Phi) is 3.20. The van der Waals surface area contributed by atoms with Crippen LogP contribution in [0.3, 0.4) is 0 Å². The Balaban J connectivity index is 2.03. The molecule has 0 saturated carbocycles. The third kappa shape index (κ3) is 2.40. The second-order valence-corrected chi connectivity index (χ2v) is 5.14. The van der Waals surface area contributed by atoms with Crippen LogP contribution in [0.1, 0.15) is 28.6 Å². The number of pyridine rings is 2. The average Bonchev–Trinajstić information content (AvgIpc) is 2.46. The second kappa shape index (κ2) is 5.02. The van der Waals surface area contributed by atoms with Crippen molar-refractivity contribution < 1.29 is 0 Å². The maximum Gasteiger partial charge on any atom is 0.0726 e. The summed E-state index contributed by atoms with van der Waals surface area (Å²) in [5, 5.41) is 1.11. The summed E-state index contributed by atoms with van der Waals surface area (Å²) < 4.78 is 0. The molecule has 0 amide bonds. The lowest BCUT2D eigenvalue weighted by atomic mass is 10.0. The second-order valence-electron chi connectivity index (χ2n) is 5.14. The van der Waals surface area contributed by atoms with Crippen LogP contribution in [0.25, 0.3) is 10.9 Å². The summed E-state index contributed by atoms with van der Waals surface area (Å²) in [5.74, 6) is 0. The van der Waals surface area contributed by atoms with Crippen molar-refractivity contribution in [3.8, 4) is 0 Å². The first kappa shape index (κ1) is 12.8. The summed E-state index contributed by atoms with van der Waals surface area (Å²) in [6.07, 6.45) is 1.80. The van der Waals surface area contributed by atoms with E-state index in [4.69, 9.17) is 5.73 Å². The van der Waals surface area contributed by atoms with E-state index in [9.17, 15) is 0 Å². The van der Waals surface area contributed by atoms with Gasteiger partial charge in [-0.05, 0) is 55.3 Å². The number of rotatable bonds is 2. The van der Waals surface area contributed by atoms with Gasteiger partial charge in [-0.1, -0.05) is 12.1 Å². The molecule has 0 aliphatic carbocycles. The van der Waals surface area contributed by atoms with E-state index in [1.807, 2.05) is 44.2 Å². The molecular weight excluding hydrogens is 246 g/mol. The maximum absolute atomic E-state index is 6.32. The molecule has 2 heterocycles. The molecule has 3 aromatic rings. The van der Waals surface area contributed by atoms with E-state index in [1.165, 1.54) is 5.56 Å².